The number of halogens is 1. The van der Waals surface area contributed by atoms with Gasteiger partial charge in [-0.3, -0.25) is 9.71 Å². The second kappa shape index (κ2) is 12.1. The van der Waals surface area contributed by atoms with E-state index >= 15 is 0 Å². The van der Waals surface area contributed by atoms with Gasteiger partial charge in [0.05, 0.1) is 23.1 Å². The van der Waals surface area contributed by atoms with Gasteiger partial charge >= 0.3 is 6.09 Å². The molecule has 0 spiro atoms. The molecule has 226 valence electrons. The van der Waals surface area contributed by atoms with Crippen molar-refractivity contribution < 1.29 is 22.3 Å². The Kier molecular flexibility index (Phi) is 8.45. The van der Waals surface area contributed by atoms with Gasteiger partial charge in [0.2, 0.25) is 5.95 Å². The Morgan fingerprint density at radius 2 is 1.77 bits per heavy atom. The number of rotatable bonds is 7. The molecule has 1 aliphatic rings. The highest BCUT2D eigenvalue weighted by atomic mass is 32.2. The Labute approximate surface area is 249 Å². The van der Waals surface area contributed by atoms with Crippen LogP contribution in [0.2, 0.25) is 0 Å². The van der Waals surface area contributed by atoms with Crippen LogP contribution in [0.5, 0.6) is 0 Å². The fraction of sp³-hybridized carbons (Fsp3) is 0.367. The number of pyridine rings is 2. The predicted molar refractivity (Wildman–Crippen MR) is 162 cm³/mol. The number of aromatic nitrogens is 4. The quantitative estimate of drug-likeness (QED) is 0.245. The van der Waals surface area contributed by atoms with Crippen LogP contribution in [-0.4, -0.2) is 52.1 Å². The molecule has 3 aromatic heterocycles. The van der Waals surface area contributed by atoms with Crippen molar-refractivity contribution in [2.24, 2.45) is 0 Å². The summed E-state index contributed by atoms with van der Waals surface area (Å²) in [6.45, 7) is 7.41. The van der Waals surface area contributed by atoms with Crippen LogP contribution in [0.4, 0.5) is 20.8 Å². The van der Waals surface area contributed by atoms with E-state index in [9.17, 15) is 17.6 Å². The molecule has 13 heteroatoms. The molecular weight excluding hydrogens is 573 g/mol. The van der Waals surface area contributed by atoms with Gasteiger partial charge in [0, 0.05) is 30.0 Å². The van der Waals surface area contributed by atoms with Crippen LogP contribution >= 0.6 is 0 Å². The maximum atomic E-state index is 15.0. The summed E-state index contributed by atoms with van der Waals surface area (Å²) in [6.07, 6.45) is 7.20. The van der Waals surface area contributed by atoms with E-state index in [1.165, 1.54) is 36.7 Å². The van der Waals surface area contributed by atoms with Crippen LogP contribution in [0.3, 0.4) is 0 Å². The Morgan fingerprint density at radius 3 is 2.44 bits per heavy atom. The van der Waals surface area contributed by atoms with E-state index in [4.69, 9.17) is 4.74 Å². The highest BCUT2D eigenvalue weighted by Crippen LogP contribution is 2.28. The summed E-state index contributed by atoms with van der Waals surface area (Å²) in [5.74, 6) is -0.249. The third kappa shape index (κ3) is 7.53. The number of sulfonamides is 1. The van der Waals surface area contributed by atoms with Gasteiger partial charge in [0.15, 0.2) is 0 Å². The molecule has 1 amide bonds. The molecule has 11 nitrogen and oxygen atoms in total. The van der Waals surface area contributed by atoms with E-state index in [2.05, 4.69) is 35.3 Å². The van der Waals surface area contributed by atoms with Gasteiger partial charge in [-0.15, -0.1) is 0 Å². The van der Waals surface area contributed by atoms with E-state index in [0.717, 1.165) is 31.2 Å². The SMILES string of the molecule is Cc1cc(-c2ccc(NS(=O)(=O)c3cccnc3)c(F)c2)nc2cnc(N[C@H]3CC[C@H](NC(=O)OC(C)(C)C)CC3)nc12. The second-order valence-electron chi connectivity index (χ2n) is 11.6. The molecule has 1 aliphatic carbocycles. The zero-order valence-electron chi connectivity index (χ0n) is 24.4. The summed E-state index contributed by atoms with van der Waals surface area (Å²) >= 11 is 0. The van der Waals surface area contributed by atoms with Crippen molar-refractivity contribution in [2.75, 3.05) is 10.0 Å². The van der Waals surface area contributed by atoms with Crippen molar-refractivity contribution in [3.05, 3.63) is 66.4 Å². The lowest BCUT2D eigenvalue weighted by Gasteiger charge is -2.30. The molecule has 5 rings (SSSR count). The molecule has 0 bridgehead atoms. The van der Waals surface area contributed by atoms with Crippen LogP contribution in [0.15, 0.2) is 59.9 Å². The number of ether oxygens (including phenoxy) is 1. The minimum atomic E-state index is -3.99. The van der Waals surface area contributed by atoms with Crippen LogP contribution in [0, 0.1) is 12.7 Å². The monoisotopic (exact) mass is 607 g/mol. The van der Waals surface area contributed by atoms with Gasteiger partial charge in [-0.2, -0.15) is 0 Å². The van der Waals surface area contributed by atoms with Gasteiger partial charge in [-0.05, 0) is 89.3 Å². The highest BCUT2D eigenvalue weighted by Gasteiger charge is 2.25. The van der Waals surface area contributed by atoms with E-state index in [1.54, 1.807) is 18.3 Å². The summed E-state index contributed by atoms with van der Waals surface area (Å²) in [7, 11) is -3.99. The molecule has 1 fully saturated rings. The molecule has 43 heavy (non-hydrogen) atoms. The Morgan fingerprint density at radius 1 is 1.02 bits per heavy atom. The first-order chi connectivity index (χ1) is 20.4. The van der Waals surface area contributed by atoms with E-state index in [-0.39, 0.29) is 22.7 Å². The smallest absolute Gasteiger partial charge is 0.407 e. The summed E-state index contributed by atoms with van der Waals surface area (Å²) in [5, 5.41) is 6.35. The largest absolute Gasteiger partial charge is 0.444 e. The van der Waals surface area contributed by atoms with Crippen molar-refractivity contribution in [1.82, 2.24) is 25.3 Å². The minimum absolute atomic E-state index is 0.0653. The maximum Gasteiger partial charge on any atom is 0.407 e. The number of amides is 1. The van der Waals surface area contributed by atoms with Gasteiger partial charge < -0.3 is 15.4 Å². The molecule has 0 aliphatic heterocycles. The minimum Gasteiger partial charge on any atom is -0.444 e. The lowest BCUT2D eigenvalue weighted by molar-refractivity contribution is 0.0492. The average Bonchev–Trinajstić information content (AvgIpc) is 2.95. The molecule has 3 N–H and O–H groups in total. The summed E-state index contributed by atoms with van der Waals surface area (Å²) < 4.78 is 47.8. The lowest BCUT2D eigenvalue weighted by atomic mass is 9.91. The number of alkyl carbamates (subject to hydrolysis) is 1. The molecule has 4 aromatic rings. The predicted octanol–water partition coefficient (Wildman–Crippen LogP) is 5.58. The molecule has 1 saturated carbocycles. The van der Waals surface area contributed by atoms with E-state index in [1.807, 2.05) is 27.7 Å². The Hall–Kier alpha value is -4.39. The first-order valence-corrected chi connectivity index (χ1v) is 15.5. The van der Waals surface area contributed by atoms with Gasteiger partial charge in [0.1, 0.15) is 21.8 Å². The molecule has 0 saturated heterocycles. The van der Waals surface area contributed by atoms with Crippen molar-refractivity contribution in [3.63, 3.8) is 0 Å². The van der Waals surface area contributed by atoms with Gasteiger partial charge in [-0.25, -0.2) is 32.6 Å². The van der Waals surface area contributed by atoms with Crippen LogP contribution in [0.1, 0.15) is 52.0 Å². The number of aryl methyl sites for hydroxylation is 1. The van der Waals surface area contributed by atoms with Crippen LogP contribution in [0.25, 0.3) is 22.3 Å². The maximum absolute atomic E-state index is 15.0. The van der Waals surface area contributed by atoms with E-state index < -0.39 is 27.5 Å². The van der Waals surface area contributed by atoms with Gasteiger partial charge in [0.25, 0.3) is 10.0 Å². The Balaban J connectivity index is 1.24. The number of fused-ring (bicyclic) bond motifs is 1. The number of hydrogen-bond donors (Lipinski definition) is 3. The summed E-state index contributed by atoms with van der Waals surface area (Å²) in [6, 6.07) is 9.10. The third-order valence-corrected chi connectivity index (χ3v) is 8.32. The first-order valence-electron chi connectivity index (χ1n) is 14.0. The molecule has 1 aromatic carbocycles. The number of carbonyl (C=O) groups excluding carboxylic acids is 1. The molecule has 0 unspecified atom stereocenters. The number of nitrogens with zero attached hydrogens (tertiary/aromatic N) is 4. The molecular formula is C30H34FN7O4S. The fourth-order valence-corrected chi connectivity index (χ4v) is 5.94. The topological polar surface area (TPSA) is 148 Å². The van der Waals surface area contributed by atoms with Crippen LogP contribution in [-0.2, 0) is 14.8 Å². The Bertz CT molecular complexity index is 1740. The first kappa shape index (κ1) is 30.1. The number of hydrogen-bond acceptors (Lipinski definition) is 9. The normalized spacial score (nSPS) is 17.3. The highest BCUT2D eigenvalue weighted by molar-refractivity contribution is 7.92. The van der Waals surface area contributed by atoms with Crippen molar-refractivity contribution in [2.45, 2.75) is 76.0 Å². The molecule has 0 radical (unpaired) electrons. The average molecular weight is 608 g/mol. The zero-order chi connectivity index (χ0) is 30.8. The van der Waals surface area contributed by atoms with Crippen molar-refractivity contribution in [1.29, 1.82) is 0 Å². The zero-order valence-corrected chi connectivity index (χ0v) is 25.2. The number of anilines is 2. The third-order valence-electron chi connectivity index (χ3n) is 6.97. The van der Waals surface area contributed by atoms with Crippen molar-refractivity contribution in [3.8, 4) is 11.3 Å². The number of benzene rings is 1. The van der Waals surface area contributed by atoms with E-state index in [0.29, 0.717) is 28.2 Å². The summed E-state index contributed by atoms with van der Waals surface area (Å²) in [5.41, 5.74) is 2.32. The second-order valence-corrected chi connectivity index (χ2v) is 13.3. The molecule has 3 heterocycles. The number of nitrogens with one attached hydrogen (secondary N) is 3. The van der Waals surface area contributed by atoms with Crippen LogP contribution < -0.4 is 15.4 Å². The van der Waals surface area contributed by atoms with Crippen molar-refractivity contribution >= 4 is 38.8 Å². The number of carbonyl (C=O) groups is 1. The standard InChI is InChI=1S/C30H34FN7O4S/c1-18-14-25(19-7-12-24(23(31)15-19)38-43(40,41)22-6-5-13-32-16-22)36-26-17-33-28(37-27(18)26)34-20-8-10-21(11-9-20)35-29(39)42-30(2,3)4/h5-7,12-17,20-21,38H,8-11H2,1-4H3,(H,35,39)(H,33,34,37)/t20-,21-. The summed E-state index contributed by atoms with van der Waals surface area (Å²) in [4.78, 5) is 29.6. The van der Waals surface area contributed by atoms with Gasteiger partial charge in [-0.1, -0.05) is 6.07 Å². The molecule has 0 atom stereocenters. The lowest BCUT2D eigenvalue weighted by Crippen LogP contribution is -2.42. The fourth-order valence-electron chi connectivity index (χ4n) is 4.91.